The summed E-state index contributed by atoms with van der Waals surface area (Å²) in [7, 11) is 0. The first-order valence-electron chi connectivity index (χ1n) is 7.20. The van der Waals surface area contributed by atoms with E-state index < -0.39 is 17.4 Å². The molecule has 1 amide bonds. The average molecular weight is 298 g/mol. The Morgan fingerprint density at radius 1 is 1.29 bits per heavy atom. The third kappa shape index (κ3) is 4.39. The van der Waals surface area contributed by atoms with Crippen LogP contribution in [0, 0.1) is 11.6 Å². The van der Waals surface area contributed by atoms with Crippen molar-refractivity contribution in [2.45, 2.75) is 38.1 Å². The topological polar surface area (TPSA) is 64.3 Å². The van der Waals surface area contributed by atoms with Gasteiger partial charge in [-0.1, -0.05) is 12.8 Å². The molecule has 21 heavy (non-hydrogen) atoms. The van der Waals surface area contributed by atoms with Gasteiger partial charge in [-0.3, -0.25) is 4.79 Å². The van der Waals surface area contributed by atoms with Crippen LogP contribution in [0.4, 0.5) is 8.78 Å². The molecular formula is C15H20F2N2O2. The highest BCUT2D eigenvalue weighted by atomic mass is 19.1. The van der Waals surface area contributed by atoms with Gasteiger partial charge < -0.3 is 15.8 Å². The van der Waals surface area contributed by atoms with E-state index in [0.717, 1.165) is 25.7 Å². The Morgan fingerprint density at radius 3 is 2.48 bits per heavy atom. The van der Waals surface area contributed by atoms with Gasteiger partial charge in [-0.15, -0.1) is 0 Å². The molecule has 0 bridgehead atoms. The van der Waals surface area contributed by atoms with Crippen LogP contribution in [-0.2, 0) is 11.2 Å². The lowest BCUT2D eigenvalue weighted by molar-refractivity contribution is -0.123. The monoisotopic (exact) mass is 298 g/mol. The summed E-state index contributed by atoms with van der Waals surface area (Å²) in [6, 6.07) is 2.52. The summed E-state index contributed by atoms with van der Waals surface area (Å²) in [6.07, 6.45) is 4.47. The molecule has 0 aromatic heterocycles. The van der Waals surface area contributed by atoms with Crippen LogP contribution in [-0.4, -0.2) is 25.1 Å². The second-order valence-electron chi connectivity index (χ2n) is 5.26. The van der Waals surface area contributed by atoms with Crippen LogP contribution in [0.25, 0.3) is 0 Å². The van der Waals surface area contributed by atoms with Crippen LogP contribution in [0.3, 0.4) is 0 Å². The normalized spacial score (nSPS) is 15.2. The minimum atomic E-state index is -0.813. The van der Waals surface area contributed by atoms with Crippen LogP contribution in [0.2, 0.25) is 0 Å². The van der Waals surface area contributed by atoms with Gasteiger partial charge >= 0.3 is 0 Å². The van der Waals surface area contributed by atoms with E-state index in [9.17, 15) is 13.6 Å². The molecule has 4 nitrogen and oxygen atoms in total. The lowest BCUT2D eigenvalue weighted by atomic mass is 10.1. The summed E-state index contributed by atoms with van der Waals surface area (Å²) >= 11 is 0. The van der Waals surface area contributed by atoms with Crippen molar-refractivity contribution in [3.05, 3.63) is 29.3 Å². The summed E-state index contributed by atoms with van der Waals surface area (Å²) < 4.78 is 32.5. The third-order valence-corrected chi connectivity index (χ3v) is 3.56. The fourth-order valence-corrected chi connectivity index (χ4v) is 2.54. The van der Waals surface area contributed by atoms with Gasteiger partial charge in [0, 0.05) is 6.04 Å². The number of nitrogens with two attached hydrogens (primary N) is 1. The molecule has 1 saturated carbocycles. The molecule has 3 N–H and O–H groups in total. The van der Waals surface area contributed by atoms with Gasteiger partial charge in [-0.2, -0.15) is 0 Å². The van der Waals surface area contributed by atoms with Gasteiger partial charge in [-0.25, -0.2) is 8.78 Å². The molecule has 1 aliphatic rings. The minimum absolute atomic E-state index is 0.155. The Balaban J connectivity index is 1.91. The van der Waals surface area contributed by atoms with Crippen LogP contribution < -0.4 is 15.8 Å². The third-order valence-electron chi connectivity index (χ3n) is 3.56. The molecule has 0 heterocycles. The highest BCUT2D eigenvalue weighted by Crippen LogP contribution is 2.23. The zero-order chi connectivity index (χ0) is 15.2. The SMILES string of the molecule is NCCc1cc(F)c(OCC(=O)NC2CCCC2)c(F)c1. The molecule has 0 aliphatic heterocycles. The van der Waals surface area contributed by atoms with Gasteiger partial charge in [0.15, 0.2) is 24.0 Å². The quantitative estimate of drug-likeness (QED) is 0.843. The molecule has 6 heteroatoms. The molecule has 1 aliphatic carbocycles. The lowest BCUT2D eigenvalue weighted by Gasteiger charge is -2.13. The maximum Gasteiger partial charge on any atom is 0.258 e. The zero-order valence-electron chi connectivity index (χ0n) is 11.8. The fraction of sp³-hybridized carbons (Fsp3) is 0.533. The van der Waals surface area contributed by atoms with Gasteiger partial charge in [-0.05, 0) is 43.5 Å². The molecule has 0 saturated heterocycles. The Kier molecular flexibility index (Phi) is 5.50. The standard InChI is InChI=1S/C15H20F2N2O2/c16-12-7-10(5-6-18)8-13(17)15(12)21-9-14(20)19-11-3-1-2-4-11/h7-8,11H,1-6,9,18H2,(H,19,20). The smallest absolute Gasteiger partial charge is 0.258 e. The number of nitrogens with one attached hydrogen (secondary N) is 1. The van der Waals surface area contributed by atoms with Crippen molar-refractivity contribution in [3.63, 3.8) is 0 Å². The number of halogens is 2. The molecule has 1 aromatic rings. The number of hydrogen-bond donors (Lipinski definition) is 2. The van der Waals surface area contributed by atoms with E-state index in [1.165, 1.54) is 12.1 Å². The van der Waals surface area contributed by atoms with Gasteiger partial charge in [0.1, 0.15) is 0 Å². The Bertz CT molecular complexity index is 479. The van der Waals surface area contributed by atoms with Gasteiger partial charge in [0.2, 0.25) is 0 Å². The van der Waals surface area contributed by atoms with E-state index in [1.807, 2.05) is 0 Å². The summed E-state index contributed by atoms with van der Waals surface area (Å²) in [5, 5.41) is 2.79. The van der Waals surface area contributed by atoms with E-state index in [0.29, 0.717) is 18.5 Å². The molecule has 2 rings (SSSR count). The van der Waals surface area contributed by atoms with Crippen molar-refractivity contribution in [3.8, 4) is 5.75 Å². The van der Waals surface area contributed by atoms with Crippen LogP contribution in [0.5, 0.6) is 5.75 Å². The Morgan fingerprint density at radius 2 is 1.90 bits per heavy atom. The van der Waals surface area contributed by atoms with Gasteiger partial charge in [0.05, 0.1) is 0 Å². The second kappa shape index (κ2) is 7.36. The van der Waals surface area contributed by atoms with Crippen molar-refractivity contribution in [1.29, 1.82) is 0 Å². The van der Waals surface area contributed by atoms with Crippen LogP contribution >= 0.6 is 0 Å². The highest BCUT2D eigenvalue weighted by Gasteiger charge is 2.18. The second-order valence-corrected chi connectivity index (χ2v) is 5.26. The summed E-state index contributed by atoms with van der Waals surface area (Å²) in [5.41, 5.74) is 5.81. The molecule has 1 fully saturated rings. The molecule has 0 spiro atoms. The number of ether oxygens (including phenoxy) is 1. The van der Waals surface area contributed by atoms with Crippen molar-refractivity contribution in [2.75, 3.05) is 13.2 Å². The molecule has 1 aromatic carbocycles. The number of hydrogen-bond acceptors (Lipinski definition) is 3. The molecule has 0 atom stereocenters. The van der Waals surface area contributed by atoms with Crippen LogP contribution in [0.15, 0.2) is 12.1 Å². The van der Waals surface area contributed by atoms with E-state index in [4.69, 9.17) is 10.5 Å². The van der Waals surface area contributed by atoms with E-state index >= 15 is 0 Å². The summed E-state index contributed by atoms with van der Waals surface area (Å²) in [6.45, 7) is -0.0799. The predicted octanol–water partition coefficient (Wildman–Crippen LogP) is 1.90. The van der Waals surface area contributed by atoms with Crippen molar-refractivity contribution in [2.24, 2.45) is 5.73 Å². The number of amides is 1. The first-order valence-corrected chi connectivity index (χ1v) is 7.20. The van der Waals surface area contributed by atoms with Crippen molar-refractivity contribution in [1.82, 2.24) is 5.32 Å². The minimum Gasteiger partial charge on any atom is -0.478 e. The predicted molar refractivity (Wildman–Crippen MR) is 75.0 cm³/mol. The largest absolute Gasteiger partial charge is 0.478 e. The number of rotatable bonds is 6. The highest BCUT2D eigenvalue weighted by molar-refractivity contribution is 5.77. The van der Waals surface area contributed by atoms with E-state index in [1.54, 1.807) is 0 Å². The van der Waals surface area contributed by atoms with Crippen molar-refractivity contribution >= 4 is 5.91 Å². The molecule has 0 unspecified atom stereocenters. The number of carbonyl (C=O) groups excluding carboxylic acids is 1. The molecule has 116 valence electrons. The fourth-order valence-electron chi connectivity index (χ4n) is 2.54. The maximum atomic E-state index is 13.8. The molecule has 0 radical (unpaired) electrons. The first-order chi connectivity index (χ1) is 10.1. The molecular weight excluding hydrogens is 278 g/mol. The summed E-state index contributed by atoms with van der Waals surface area (Å²) in [5.74, 6) is -2.50. The Labute approximate surface area is 122 Å². The Hall–Kier alpha value is -1.69. The van der Waals surface area contributed by atoms with E-state index in [2.05, 4.69) is 5.32 Å². The first kappa shape index (κ1) is 15.7. The van der Waals surface area contributed by atoms with Crippen LogP contribution in [0.1, 0.15) is 31.2 Å². The lowest BCUT2D eigenvalue weighted by Crippen LogP contribution is -2.36. The maximum absolute atomic E-state index is 13.8. The summed E-state index contributed by atoms with van der Waals surface area (Å²) in [4.78, 5) is 11.7. The average Bonchev–Trinajstić information content (AvgIpc) is 2.91. The zero-order valence-corrected chi connectivity index (χ0v) is 11.8. The van der Waals surface area contributed by atoms with Gasteiger partial charge in [0.25, 0.3) is 5.91 Å². The van der Waals surface area contributed by atoms with E-state index in [-0.39, 0.29) is 18.6 Å². The number of carbonyl (C=O) groups is 1. The number of benzene rings is 1. The van der Waals surface area contributed by atoms with Crippen molar-refractivity contribution < 1.29 is 18.3 Å².